The van der Waals surface area contributed by atoms with Gasteiger partial charge in [-0.1, -0.05) is 90.6 Å². The number of benzene rings is 4. The number of nitrogens with zero attached hydrogens (tertiary/aromatic N) is 2. The van der Waals surface area contributed by atoms with Crippen LogP contribution in [0, 0.1) is 0 Å². The normalized spacial score (nSPS) is 11.9. The van der Waals surface area contributed by atoms with Crippen LogP contribution in [0.3, 0.4) is 0 Å². The maximum Gasteiger partial charge on any atom is 0.264 e. The Morgan fingerprint density at radius 3 is 2.21 bits per heavy atom. The van der Waals surface area contributed by atoms with Crippen molar-refractivity contribution < 1.29 is 22.7 Å². The molecule has 0 radical (unpaired) electrons. The van der Waals surface area contributed by atoms with Crippen molar-refractivity contribution in [1.82, 2.24) is 10.2 Å². The van der Waals surface area contributed by atoms with Gasteiger partial charge in [0, 0.05) is 34.6 Å². The average molecular weight is 717 g/mol. The first-order valence-corrected chi connectivity index (χ1v) is 17.6. The quantitative estimate of drug-likeness (QED) is 0.129. The lowest BCUT2D eigenvalue weighted by molar-refractivity contribution is -0.140. The fourth-order valence-electron chi connectivity index (χ4n) is 4.93. The number of rotatable bonds is 15. The number of nitrogens with one attached hydrogen (secondary N) is 1. The van der Waals surface area contributed by atoms with Crippen molar-refractivity contribution in [2.24, 2.45) is 0 Å². The molecule has 0 heterocycles. The summed E-state index contributed by atoms with van der Waals surface area (Å²) in [5.41, 5.74) is 1.54. The van der Waals surface area contributed by atoms with Crippen molar-refractivity contribution in [3.05, 3.63) is 123 Å². The molecule has 1 N–H and O–H groups in total. The number of halogens is 3. The van der Waals surface area contributed by atoms with E-state index in [1.165, 1.54) is 42.3 Å². The van der Waals surface area contributed by atoms with Crippen LogP contribution in [-0.2, 0) is 32.6 Å². The summed E-state index contributed by atoms with van der Waals surface area (Å²) in [4.78, 5) is 29.7. The Labute approximate surface area is 291 Å². The van der Waals surface area contributed by atoms with Crippen molar-refractivity contribution in [2.45, 2.75) is 43.7 Å². The highest BCUT2D eigenvalue weighted by molar-refractivity contribution is 7.92. The van der Waals surface area contributed by atoms with Gasteiger partial charge < -0.3 is 15.0 Å². The number of methoxy groups -OCH3 is 1. The second kappa shape index (κ2) is 16.9. The van der Waals surface area contributed by atoms with Gasteiger partial charge in [-0.25, -0.2) is 8.42 Å². The number of anilines is 1. The predicted octanol–water partition coefficient (Wildman–Crippen LogP) is 7.41. The molecule has 0 spiro atoms. The second-order valence-electron chi connectivity index (χ2n) is 10.8. The minimum Gasteiger partial charge on any atom is -0.497 e. The number of ether oxygens (including phenoxy) is 1. The van der Waals surface area contributed by atoms with Crippen LogP contribution in [0.1, 0.15) is 30.9 Å². The van der Waals surface area contributed by atoms with Crippen LogP contribution in [0.25, 0.3) is 0 Å². The van der Waals surface area contributed by atoms with Crippen LogP contribution in [0.2, 0.25) is 15.1 Å². The van der Waals surface area contributed by atoms with E-state index in [4.69, 9.17) is 39.5 Å². The molecule has 0 bridgehead atoms. The summed E-state index contributed by atoms with van der Waals surface area (Å²) in [5.74, 6) is -0.522. The largest absolute Gasteiger partial charge is 0.497 e. The van der Waals surface area contributed by atoms with Gasteiger partial charge >= 0.3 is 0 Å². The van der Waals surface area contributed by atoms with E-state index in [0.29, 0.717) is 27.9 Å². The Morgan fingerprint density at radius 2 is 1.57 bits per heavy atom. The van der Waals surface area contributed by atoms with Gasteiger partial charge in [0.2, 0.25) is 11.8 Å². The third kappa shape index (κ3) is 9.64. The molecule has 0 aliphatic carbocycles. The molecule has 1 unspecified atom stereocenters. The van der Waals surface area contributed by atoms with Gasteiger partial charge in [0.25, 0.3) is 10.0 Å². The topological polar surface area (TPSA) is 96.0 Å². The monoisotopic (exact) mass is 715 g/mol. The number of sulfonamides is 1. The molecule has 47 heavy (non-hydrogen) atoms. The van der Waals surface area contributed by atoms with Gasteiger partial charge in [-0.05, 0) is 72.1 Å². The van der Waals surface area contributed by atoms with Gasteiger partial charge in [0.1, 0.15) is 18.3 Å². The first-order chi connectivity index (χ1) is 22.5. The molecule has 0 saturated carbocycles. The number of amides is 2. The van der Waals surface area contributed by atoms with Gasteiger partial charge in [-0.15, -0.1) is 0 Å². The minimum atomic E-state index is -4.31. The third-order valence-electron chi connectivity index (χ3n) is 7.48. The molecule has 8 nitrogen and oxygen atoms in total. The van der Waals surface area contributed by atoms with E-state index in [9.17, 15) is 18.0 Å². The average Bonchev–Trinajstić information content (AvgIpc) is 3.06. The van der Waals surface area contributed by atoms with Crippen LogP contribution >= 0.6 is 34.8 Å². The summed E-state index contributed by atoms with van der Waals surface area (Å²) < 4.78 is 34.5. The maximum atomic E-state index is 14.6. The van der Waals surface area contributed by atoms with Crippen LogP contribution in [0.15, 0.2) is 102 Å². The van der Waals surface area contributed by atoms with Crippen LogP contribution in [-0.4, -0.2) is 51.4 Å². The number of carbonyl (C=O) groups excluding carboxylic acids is 2. The summed E-state index contributed by atoms with van der Waals surface area (Å²) in [5, 5.41) is 3.96. The second-order valence-corrected chi connectivity index (χ2v) is 13.9. The molecule has 1 atom stereocenters. The Morgan fingerprint density at radius 1 is 0.872 bits per heavy atom. The molecular formula is C35H36Cl3N3O5S. The SMILES string of the molecule is CCCCNC(=O)C(Cc1ccccc1)N(Cc1ccc(Cl)cc1Cl)C(=O)CN(c1cccc(Cl)c1)S(=O)(=O)c1ccc(OC)cc1. The van der Waals surface area contributed by atoms with Crippen molar-refractivity contribution >= 4 is 62.3 Å². The first kappa shape index (κ1) is 36.1. The van der Waals surface area contributed by atoms with Gasteiger partial charge in [0.15, 0.2) is 0 Å². The molecule has 4 rings (SSSR count). The Hall–Kier alpha value is -3.76. The van der Waals surface area contributed by atoms with E-state index >= 15 is 0 Å². The number of carbonyl (C=O) groups is 2. The zero-order valence-corrected chi connectivity index (χ0v) is 29.1. The van der Waals surface area contributed by atoms with Crippen molar-refractivity contribution in [3.8, 4) is 5.75 Å². The van der Waals surface area contributed by atoms with E-state index in [1.807, 2.05) is 37.3 Å². The Balaban J connectivity index is 1.81. The van der Waals surface area contributed by atoms with Gasteiger partial charge in [0.05, 0.1) is 17.7 Å². The van der Waals surface area contributed by atoms with E-state index < -0.39 is 28.5 Å². The standard InChI is InChI=1S/C35H36Cl3N3O5S/c1-3-4-19-39-35(43)33(20-25-9-6-5-7-10-25)40(23-26-13-14-28(37)22-32(26)38)34(42)24-41(29-12-8-11-27(36)21-29)47(44,45)31-17-15-30(46-2)16-18-31/h5-18,21-22,33H,3-4,19-20,23-24H2,1-2H3,(H,39,43). The fourth-order valence-corrected chi connectivity index (χ4v) is 6.99. The minimum absolute atomic E-state index is 0.0588. The summed E-state index contributed by atoms with van der Waals surface area (Å²) in [6.07, 6.45) is 1.80. The lowest BCUT2D eigenvalue weighted by Gasteiger charge is -2.34. The Kier molecular flexibility index (Phi) is 13.0. The van der Waals surface area contributed by atoms with Crippen LogP contribution < -0.4 is 14.4 Å². The summed E-state index contributed by atoms with van der Waals surface area (Å²) in [6, 6.07) is 25.3. The summed E-state index contributed by atoms with van der Waals surface area (Å²) >= 11 is 19.0. The molecule has 0 aliphatic heterocycles. The van der Waals surface area contributed by atoms with E-state index in [0.717, 1.165) is 22.7 Å². The van der Waals surface area contributed by atoms with E-state index in [-0.39, 0.29) is 34.5 Å². The fraction of sp³-hybridized carbons (Fsp3) is 0.257. The highest BCUT2D eigenvalue weighted by Crippen LogP contribution is 2.29. The number of hydrogen-bond donors (Lipinski definition) is 1. The molecule has 0 saturated heterocycles. The Bertz CT molecular complexity index is 1770. The molecule has 0 aromatic heterocycles. The maximum absolute atomic E-state index is 14.6. The molecule has 2 amide bonds. The first-order valence-electron chi connectivity index (χ1n) is 15.0. The summed E-state index contributed by atoms with van der Waals surface area (Å²) in [6.45, 7) is 1.72. The number of hydrogen-bond acceptors (Lipinski definition) is 5. The van der Waals surface area contributed by atoms with Gasteiger partial charge in [-0.3, -0.25) is 13.9 Å². The van der Waals surface area contributed by atoms with Crippen molar-refractivity contribution in [1.29, 1.82) is 0 Å². The molecule has 4 aromatic rings. The lowest BCUT2D eigenvalue weighted by atomic mass is 10.0. The molecule has 4 aromatic carbocycles. The van der Waals surface area contributed by atoms with Crippen LogP contribution in [0.5, 0.6) is 5.75 Å². The number of unbranched alkanes of at least 4 members (excludes halogenated alkanes) is 1. The zero-order valence-electron chi connectivity index (χ0n) is 26.0. The molecule has 0 fully saturated rings. The molecular weight excluding hydrogens is 681 g/mol. The van der Waals surface area contributed by atoms with E-state index in [1.54, 1.807) is 36.4 Å². The zero-order chi connectivity index (χ0) is 34.0. The van der Waals surface area contributed by atoms with E-state index in [2.05, 4.69) is 5.32 Å². The van der Waals surface area contributed by atoms with Crippen molar-refractivity contribution in [3.63, 3.8) is 0 Å². The highest BCUT2D eigenvalue weighted by atomic mass is 35.5. The lowest BCUT2D eigenvalue weighted by Crippen LogP contribution is -2.53. The third-order valence-corrected chi connectivity index (χ3v) is 10.1. The molecule has 248 valence electrons. The highest BCUT2D eigenvalue weighted by Gasteiger charge is 2.35. The van der Waals surface area contributed by atoms with Gasteiger partial charge in [-0.2, -0.15) is 0 Å². The predicted molar refractivity (Wildman–Crippen MR) is 188 cm³/mol. The smallest absolute Gasteiger partial charge is 0.264 e. The molecule has 0 aliphatic rings. The van der Waals surface area contributed by atoms with Crippen LogP contribution in [0.4, 0.5) is 5.69 Å². The summed E-state index contributed by atoms with van der Waals surface area (Å²) in [7, 11) is -2.83. The molecule has 12 heteroatoms. The van der Waals surface area contributed by atoms with Crippen molar-refractivity contribution in [2.75, 3.05) is 24.5 Å².